The highest BCUT2D eigenvalue weighted by Crippen LogP contribution is 2.55. The van der Waals surface area contributed by atoms with Gasteiger partial charge in [0.15, 0.2) is 0 Å². The van der Waals surface area contributed by atoms with Crippen LogP contribution in [0.5, 0.6) is 11.8 Å². The average molecular weight is 733 g/mol. The Kier molecular flexibility index (Phi) is 9.07. The summed E-state index contributed by atoms with van der Waals surface area (Å²) in [5.74, 6) is -0.255. The van der Waals surface area contributed by atoms with Crippen molar-refractivity contribution in [1.82, 2.24) is 19.8 Å². The molecule has 3 aliphatic heterocycles. The summed E-state index contributed by atoms with van der Waals surface area (Å²) in [6.45, 7) is 12.3. The summed E-state index contributed by atoms with van der Waals surface area (Å²) in [6, 6.07) is 6.81. The molecule has 2 aromatic carbocycles. The third-order valence-electron chi connectivity index (χ3n) is 11.6. The van der Waals surface area contributed by atoms with Crippen LogP contribution in [0.1, 0.15) is 81.7 Å². The van der Waals surface area contributed by atoms with Gasteiger partial charge in [-0.25, -0.2) is 4.39 Å². The lowest BCUT2D eigenvalue weighted by Crippen LogP contribution is -2.59. The molecule has 11 nitrogen and oxygen atoms in total. The molecular weight excluding hydrogens is 684 g/mol. The Labute approximate surface area is 315 Å². The molecule has 3 N–H and O–H groups in total. The lowest BCUT2D eigenvalue weighted by molar-refractivity contribution is -0.124. The number of rotatable bonds is 7. The molecular formula is C42H49FN8O3. The summed E-state index contributed by atoms with van der Waals surface area (Å²) < 4.78 is 22.8. The number of aliphatic imine (C=N–C) groups is 2. The van der Waals surface area contributed by atoms with Crippen LogP contribution in [0.4, 0.5) is 10.2 Å². The largest absolute Gasteiger partial charge is 0.508 e. The number of ether oxygens (including phenoxy) is 1. The zero-order chi connectivity index (χ0) is 38.1. The molecule has 8 rings (SSSR count). The fourth-order valence-corrected chi connectivity index (χ4v) is 9.08. The van der Waals surface area contributed by atoms with Crippen LogP contribution in [-0.2, 0) is 4.79 Å². The first-order chi connectivity index (χ1) is 25.9. The highest BCUT2D eigenvalue weighted by Gasteiger charge is 2.49. The summed E-state index contributed by atoms with van der Waals surface area (Å²) in [7, 11) is 3.34. The minimum atomic E-state index is -0.414. The van der Waals surface area contributed by atoms with Gasteiger partial charge in [-0.3, -0.25) is 19.7 Å². The van der Waals surface area contributed by atoms with Crippen LogP contribution in [0.2, 0.25) is 0 Å². The molecule has 54 heavy (non-hydrogen) atoms. The second kappa shape index (κ2) is 13.6. The quantitative estimate of drug-likeness (QED) is 0.284. The summed E-state index contributed by atoms with van der Waals surface area (Å²) in [4.78, 5) is 39.4. The van der Waals surface area contributed by atoms with Gasteiger partial charge >= 0.3 is 6.01 Å². The van der Waals surface area contributed by atoms with E-state index in [2.05, 4.69) is 9.80 Å². The molecule has 0 bridgehead atoms. The van der Waals surface area contributed by atoms with Crippen molar-refractivity contribution in [3.63, 3.8) is 0 Å². The molecule has 0 spiro atoms. The van der Waals surface area contributed by atoms with Crippen molar-refractivity contribution < 1.29 is 19.0 Å². The second-order valence-electron chi connectivity index (χ2n) is 15.7. The van der Waals surface area contributed by atoms with Crippen molar-refractivity contribution in [2.24, 2.45) is 15.7 Å². The minimum absolute atomic E-state index is 0.00741. The van der Waals surface area contributed by atoms with Crippen molar-refractivity contribution in [2.75, 3.05) is 58.3 Å². The summed E-state index contributed by atoms with van der Waals surface area (Å²) in [5.41, 5.74) is 13.0. The van der Waals surface area contributed by atoms with Crippen LogP contribution in [0.15, 0.2) is 52.1 Å². The Balaban J connectivity index is 1.37. The third-order valence-corrected chi connectivity index (χ3v) is 11.6. The number of aromatic hydroxyl groups is 1. The molecule has 1 amide bonds. The van der Waals surface area contributed by atoms with E-state index in [-0.39, 0.29) is 40.8 Å². The SMILES string of the molecule is C/C=C1\C(=NC(C)C)C2=C(c3nc(OCC45CCCN4CC5)nc(N4CCCN=C(/C=C(\N)C(=O)N(C)C)C4)c31)C(C)c1c(F)ccc3cc(O)cc2c13. The smallest absolute Gasteiger partial charge is 0.319 e. The number of likely N-dealkylation sites (N-methyl/N-ethyl adjacent to an activating group) is 1. The fraction of sp³-hybridized carbons (Fsp3) is 0.452. The third kappa shape index (κ3) is 5.86. The van der Waals surface area contributed by atoms with Crippen LogP contribution in [0, 0.1) is 5.82 Å². The van der Waals surface area contributed by atoms with Crippen LogP contribution in [0.3, 0.4) is 0 Å². The monoisotopic (exact) mass is 732 g/mol. The van der Waals surface area contributed by atoms with Gasteiger partial charge in [-0.15, -0.1) is 0 Å². The predicted molar refractivity (Wildman–Crippen MR) is 213 cm³/mol. The van der Waals surface area contributed by atoms with Crippen molar-refractivity contribution in [3.05, 3.63) is 70.3 Å². The van der Waals surface area contributed by atoms with Crippen molar-refractivity contribution in [1.29, 1.82) is 0 Å². The molecule has 2 aliphatic carbocycles. The van der Waals surface area contributed by atoms with E-state index in [0.29, 0.717) is 49.0 Å². The summed E-state index contributed by atoms with van der Waals surface area (Å²) in [5, 5.41) is 12.6. The number of hydrogen-bond donors (Lipinski definition) is 2. The van der Waals surface area contributed by atoms with E-state index in [1.54, 1.807) is 38.4 Å². The van der Waals surface area contributed by atoms with E-state index in [9.17, 15) is 9.90 Å². The van der Waals surface area contributed by atoms with Gasteiger partial charge in [0, 0.05) is 62.4 Å². The first-order valence-electron chi connectivity index (χ1n) is 19.1. The van der Waals surface area contributed by atoms with E-state index in [1.807, 2.05) is 33.8 Å². The predicted octanol–water partition coefficient (Wildman–Crippen LogP) is 5.97. The molecule has 1 aromatic heterocycles. The zero-order valence-corrected chi connectivity index (χ0v) is 32.0. The number of nitrogens with zero attached hydrogens (tertiary/aromatic N) is 7. The Morgan fingerprint density at radius 2 is 2.00 bits per heavy atom. The van der Waals surface area contributed by atoms with E-state index >= 15 is 4.39 Å². The number of carbonyl (C=O) groups excluding carboxylic acids is 1. The lowest BCUT2D eigenvalue weighted by atomic mass is 9.69. The standard InChI is InChI=1S/C42H49FN8O3/c1-7-28-36-38(33-24(4)32-30(43)11-10-25-18-27(52)20-29(34(25)32)35(33)37(28)46-23(2)3)47-41(54-22-42-12-8-16-51(42)17-13-42)48-39(36)50-15-9-14-45-26(21-50)19-31(44)40(53)49(5)6/h7,10-11,18-20,23-24,52H,8-9,12-17,21-22,44H2,1-6H3/b28-7-,31-19-,46-37?. The van der Waals surface area contributed by atoms with Gasteiger partial charge in [0.2, 0.25) is 0 Å². The first kappa shape index (κ1) is 35.9. The van der Waals surface area contributed by atoms with E-state index in [0.717, 1.165) is 83.1 Å². The molecule has 0 radical (unpaired) electrons. The Bertz CT molecular complexity index is 2240. The molecule has 4 heterocycles. The van der Waals surface area contributed by atoms with Gasteiger partial charge in [0.25, 0.3) is 5.91 Å². The number of amides is 1. The number of hydrogen-bond acceptors (Lipinski definition) is 10. The number of allylic oxidation sites excluding steroid dienone is 4. The Hall–Kier alpha value is -5.10. The lowest BCUT2D eigenvalue weighted by Gasteiger charge is -2.47. The topological polar surface area (TPSA) is 133 Å². The van der Waals surface area contributed by atoms with Crippen LogP contribution in [0.25, 0.3) is 27.5 Å². The maximum absolute atomic E-state index is 16.1. The fourth-order valence-electron chi connectivity index (χ4n) is 9.08. The molecule has 3 aromatic rings. The molecule has 2 atom stereocenters. The molecule has 2 unspecified atom stereocenters. The second-order valence-corrected chi connectivity index (χ2v) is 15.7. The first-order valence-corrected chi connectivity index (χ1v) is 19.1. The molecule has 5 aliphatic rings. The maximum atomic E-state index is 16.1. The van der Waals surface area contributed by atoms with Gasteiger partial charge in [-0.1, -0.05) is 19.1 Å². The van der Waals surface area contributed by atoms with Crippen molar-refractivity contribution >= 4 is 50.6 Å². The highest BCUT2D eigenvalue weighted by molar-refractivity contribution is 6.52. The summed E-state index contributed by atoms with van der Waals surface area (Å²) in [6.07, 6.45) is 7.74. The van der Waals surface area contributed by atoms with Crippen molar-refractivity contribution in [2.45, 2.75) is 70.9 Å². The Morgan fingerprint density at radius 3 is 2.70 bits per heavy atom. The number of benzene rings is 2. The van der Waals surface area contributed by atoms with Crippen LogP contribution < -0.4 is 15.4 Å². The molecule has 282 valence electrons. The number of aromatic nitrogens is 2. The van der Waals surface area contributed by atoms with Gasteiger partial charge in [-0.2, -0.15) is 9.97 Å². The number of halogens is 1. The molecule has 2 fully saturated rings. The van der Waals surface area contributed by atoms with Gasteiger partial charge in [0.1, 0.15) is 24.0 Å². The minimum Gasteiger partial charge on any atom is -0.508 e. The van der Waals surface area contributed by atoms with E-state index in [4.69, 9.17) is 30.4 Å². The molecule has 0 saturated carbocycles. The number of phenols is 1. The van der Waals surface area contributed by atoms with Gasteiger partial charge in [-0.05, 0) is 99.2 Å². The van der Waals surface area contributed by atoms with E-state index < -0.39 is 5.92 Å². The normalized spacial score (nSPS) is 24.0. The van der Waals surface area contributed by atoms with E-state index in [1.165, 1.54) is 11.0 Å². The van der Waals surface area contributed by atoms with Crippen LogP contribution >= 0.6 is 0 Å². The van der Waals surface area contributed by atoms with Gasteiger partial charge in [0.05, 0.1) is 40.5 Å². The number of anilines is 1. The highest BCUT2D eigenvalue weighted by atomic mass is 19.1. The number of carbonyl (C=O) groups is 1. The molecule has 12 heteroatoms. The number of fused-ring (bicyclic) bond motifs is 4. The Morgan fingerprint density at radius 1 is 1.19 bits per heavy atom. The van der Waals surface area contributed by atoms with Gasteiger partial charge < -0.3 is 25.4 Å². The molecule has 2 saturated heterocycles. The summed E-state index contributed by atoms with van der Waals surface area (Å²) >= 11 is 0. The maximum Gasteiger partial charge on any atom is 0.319 e. The number of nitrogens with two attached hydrogens (primary N) is 1. The number of phenolic OH excluding ortho intramolecular Hbond substituents is 1. The average Bonchev–Trinajstić information content (AvgIpc) is 3.25. The van der Waals surface area contributed by atoms with Crippen LogP contribution in [-0.4, -0.2) is 107 Å². The zero-order valence-electron chi connectivity index (χ0n) is 32.0. The van der Waals surface area contributed by atoms with Crippen molar-refractivity contribution in [3.8, 4) is 11.8 Å².